The van der Waals surface area contributed by atoms with E-state index in [2.05, 4.69) is 9.72 Å². The van der Waals surface area contributed by atoms with Crippen molar-refractivity contribution in [3.05, 3.63) is 23.5 Å². The van der Waals surface area contributed by atoms with E-state index in [0.29, 0.717) is 0 Å². The molecule has 12 heavy (non-hydrogen) atoms. The van der Waals surface area contributed by atoms with Gasteiger partial charge in [0, 0.05) is 0 Å². The summed E-state index contributed by atoms with van der Waals surface area (Å²) in [6, 6.07) is 2.85. The quantitative estimate of drug-likeness (QED) is 0.559. The number of aromatic amines is 1. The van der Waals surface area contributed by atoms with Crippen LogP contribution < -0.4 is 0 Å². The van der Waals surface area contributed by atoms with Crippen LogP contribution in [0.25, 0.3) is 0 Å². The molecule has 0 saturated heterocycles. The number of nitrogens with one attached hydrogen (secondary N) is 1. The molecule has 0 amide bonds. The molecule has 0 aliphatic rings. The Morgan fingerprint density at radius 1 is 1.42 bits per heavy atom. The molecule has 0 saturated carbocycles. The monoisotopic (exact) mass is 187 g/mol. The van der Waals surface area contributed by atoms with Gasteiger partial charge in [-0.05, 0) is 23.7 Å². The molecule has 1 aromatic heterocycles. The van der Waals surface area contributed by atoms with Gasteiger partial charge in [-0.3, -0.25) is 4.79 Å². The standard InChI is InChI=1S/C7H6ClNO3/c1-12-7(11)5-3-2-4(9-5)6(8)10/h2-3,9H,1H3. The molecule has 0 unspecified atom stereocenters. The van der Waals surface area contributed by atoms with Crippen molar-refractivity contribution in [2.24, 2.45) is 0 Å². The lowest BCUT2D eigenvalue weighted by molar-refractivity contribution is 0.0595. The smallest absolute Gasteiger partial charge is 0.354 e. The minimum absolute atomic E-state index is 0.178. The van der Waals surface area contributed by atoms with Crippen molar-refractivity contribution in [1.82, 2.24) is 4.98 Å². The van der Waals surface area contributed by atoms with Crippen LogP contribution in [-0.2, 0) is 4.74 Å². The number of hydrogen-bond acceptors (Lipinski definition) is 3. The molecule has 0 radical (unpaired) electrons. The molecule has 0 aliphatic carbocycles. The summed E-state index contributed by atoms with van der Waals surface area (Å²) in [6.07, 6.45) is 0. The van der Waals surface area contributed by atoms with E-state index in [9.17, 15) is 9.59 Å². The topological polar surface area (TPSA) is 59.2 Å². The first-order valence-electron chi connectivity index (χ1n) is 3.12. The summed E-state index contributed by atoms with van der Waals surface area (Å²) in [5.41, 5.74) is 0.388. The lowest BCUT2D eigenvalue weighted by Gasteiger charge is -1.92. The third-order valence-electron chi connectivity index (χ3n) is 1.30. The summed E-state index contributed by atoms with van der Waals surface area (Å²) in [7, 11) is 1.26. The van der Waals surface area contributed by atoms with Crippen molar-refractivity contribution in [2.45, 2.75) is 0 Å². The molecular weight excluding hydrogens is 182 g/mol. The third-order valence-corrected chi connectivity index (χ3v) is 1.51. The predicted octanol–water partition coefficient (Wildman–Crippen LogP) is 1.18. The van der Waals surface area contributed by atoms with Crippen molar-refractivity contribution in [2.75, 3.05) is 7.11 Å². The Hall–Kier alpha value is -1.29. The summed E-state index contributed by atoms with van der Waals surface area (Å²) in [5.74, 6) is -0.529. The Morgan fingerprint density at radius 3 is 2.42 bits per heavy atom. The fraction of sp³-hybridized carbons (Fsp3) is 0.143. The van der Waals surface area contributed by atoms with Gasteiger partial charge in [-0.15, -0.1) is 0 Å². The van der Waals surface area contributed by atoms with Crippen LogP contribution in [0.2, 0.25) is 0 Å². The molecule has 0 atom stereocenters. The molecule has 0 fully saturated rings. The van der Waals surface area contributed by atoms with Crippen LogP contribution in [0.3, 0.4) is 0 Å². The van der Waals surface area contributed by atoms with Crippen molar-refractivity contribution in [3.63, 3.8) is 0 Å². The molecule has 0 aromatic carbocycles. The second kappa shape index (κ2) is 3.40. The Kier molecular flexibility index (Phi) is 2.50. The van der Waals surface area contributed by atoms with Crippen LogP contribution in [-0.4, -0.2) is 23.3 Å². The molecule has 0 spiro atoms. The Bertz CT molecular complexity index is 318. The molecule has 4 nitrogen and oxygen atoms in total. The summed E-state index contributed by atoms with van der Waals surface area (Å²) >= 11 is 5.14. The summed E-state index contributed by atoms with van der Waals surface area (Å²) in [5, 5.41) is -0.634. The molecule has 1 aromatic rings. The number of esters is 1. The summed E-state index contributed by atoms with van der Waals surface area (Å²) in [6.45, 7) is 0. The van der Waals surface area contributed by atoms with E-state index >= 15 is 0 Å². The van der Waals surface area contributed by atoms with E-state index < -0.39 is 11.2 Å². The van der Waals surface area contributed by atoms with Crippen molar-refractivity contribution in [3.8, 4) is 0 Å². The van der Waals surface area contributed by atoms with Gasteiger partial charge in [0.05, 0.1) is 12.8 Å². The predicted molar refractivity (Wildman–Crippen MR) is 42.3 cm³/mol. The zero-order valence-corrected chi connectivity index (χ0v) is 7.01. The summed E-state index contributed by atoms with van der Waals surface area (Å²) in [4.78, 5) is 23.9. The van der Waals surface area contributed by atoms with Crippen molar-refractivity contribution >= 4 is 22.8 Å². The first-order chi connectivity index (χ1) is 5.65. The second-order valence-corrected chi connectivity index (χ2v) is 2.39. The van der Waals surface area contributed by atoms with E-state index in [1.165, 1.54) is 19.2 Å². The molecular formula is C7H6ClNO3. The van der Waals surface area contributed by atoms with Crippen molar-refractivity contribution < 1.29 is 14.3 Å². The van der Waals surface area contributed by atoms with E-state index in [-0.39, 0.29) is 11.4 Å². The Labute approximate surface area is 73.5 Å². The van der Waals surface area contributed by atoms with Crippen LogP contribution in [0, 0.1) is 0 Å². The summed E-state index contributed by atoms with van der Waals surface area (Å²) < 4.78 is 4.40. The van der Waals surface area contributed by atoms with Gasteiger partial charge < -0.3 is 9.72 Å². The maximum Gasteiger partial charge on any atom is 0.354 e. The molecule has 64 valence electrons. The van der Waals surface area contributed by atoms with E-state index in [0.717, 1.165) is 0 Å². The van der Waals surface area contributed by atoms with Gasteiger partial charge in [-0.2, -0.15) is 0 Å². The van der Waals surface area contributed by atoms with Crippen LogP contribution >= 0.6 is 11.6 Å². The Morgan fingerprint density at radius 2 is 2.00 bits per heavy atom. The molecule has 1 heterocycles. The first kappa shape index (κ1) is 8.80. The van der Waals surface area contributed by atoms with Crippen LogP contribution in [0.15, 0.2) is 12.1 Å². The maximum absolute atomic E-state index is 10.8. The molecule has 5 heteroatoms. The highest BCUT2D eigenvalue weighted by Crippen LogP contribution is 2.05. The number of halogens is 1. The maximum atomic E-state index is 10.8. The number of H-pyrrole nitrogens is 1. The number of aromatic nitrogens is 1. The van der Waals surface area contributed by atoms with Crippen LogP contribution in [0.1, 0.15) is 21.0 Å². The van der Waals surface area contributed by atoms with Gasteiger partial charge >= 0.3 is 5.97 Å². The van der Waals surface area contributed by atoms with Gasteiger partial charge in [-0.25, -0.2) is 4.79 Å². The lowest BCUT2D eigenvalue weighted by Crippen LogP contribution is -2.02. The fourth-order valence-corrected chi connectivity index (χ4v) is 0.849. The Balaban J connectivity index is 2.91. The first-order valence-corrected chi connectivity index (χ1v) is 3.50. The van der Waals surface area contributed by atoms with E-state index in [1.54, 1.807) is 0 Å². The normalized spacial score (nSPS) is 9.50. The minimum atomic E-state index is -0.634. The average Bonchev–Trinajstić information content (AvgIpc) is 2.51. The second-order valence-electron chi connectivity index (χ2n) is 2.05. The van der Waals surface area contributed by atoms with Gasteiger partial charge in [0.15, 0.2) is 0 Å². The van der Waals surface area contributed by atoms with Gasteiger partial charge in [-0.1, -0.05) is 0 Å². The van der Waals surface area contributed by atoms with E-state index in [4.69, 9.17) is 11.6 Å². The third kappa shape index (κ3) is 1.65. The highest BCUT2D eigenvalue weighted by molar-refractivity contribution is 6.67. The van der Waals surface area contributed by atoms with E-state index in [1.807, 2.05) is 0 Å². The number of carbonyl (C=O) groups is 2. The van der Waals surface area contributed by atoms with Gasteiger partial charge in [0.25, 0.3) is 5.24 Å². The highest BCUT2D eigenvalue weighted by atomic mass is 35.5. The number of hydrogen-bond donors (Lipinski definition) is 1. The average molecular weight is 188 g/mol. The number of rotatable bonds is 2. The highest BCUT2D eigenvalue weighted by Gasteiger charge is 2.10. The molecule has 0 aliphatic heterocycles. The molecule has 0 bridgehead atoms. The molecule has 1 N–H and O–H groups in total. The van der Waals surface area contributed by atoms with Crippen LogP contribution in [0.4, 0.5) is 0 Å². The number of ether oxygens (including phenoxy) is 1. The van der Waals surface area contributed by atoms with Gasteiger partial charge in [0.1, 0.15) is 5.69 Å². The SMILES string of the molecule is COC(=O)c1ccc(C(=O)Cl)[nH]1. The number of carbonyl (C=O) groups excluding carboxylic acids is 2. The zero-order valence-electron chi connectivity index (χ0n) is 6.26. The zero-order chi connectivity index (χ0) is 9.14. The largest absolute Gasteiger partial charge is 0.464 e. The van der Waals surface area contributed by atoms with Crippen LogP contribution in [0.5, 0.6) is 0 Å². The minimum Gasteiger partial charge on any atom is -0.464 e. The van der Waals surface area contributed by atoms with Crippen molar-refractivity contribution in [1.29, 1.82) is 0 Å². The fourth-order valence-electron chi connectivity index (χ4n) is 0.739. The molecule has 1 rings (SSSR count). The lowest BCUT2D eigenvalue weighted by atomic mass is 10.4. The number of methoxy groups -OCH3 is 1. The van der Waals surface area contributed by atoms with Gasteiger partial charge in [0.2, 0.25) is 0 Å².